The zero-order chi connectivity index (χ0) is 32.5. The van der Waals surface area contributed by atoms with E-state index in [1.165, 1.54) is 0 Å². The van der Waals surface area contributed by atoms with Gasteiger partial charge in [-0.25, -0.2) is 9.97 Å². The smallest absolute Gasteiger partial charge is 0.654 e. The number of para-hydroxylation sites is 2. The Balaban J connectivity index is 0.000000151. The Morgan fingerprint density at radius 2 is 0.980 bits per heavy atom. The van der Waals surface area contributed by atoms with E-state index in [0.717, 1.165) is 78.0 Å². The summed E-state index contributed by atoms with van der Waals surface area (Å²) in [7, 11) is 7.78. The van der Waals surface area contributed by atoms with Crippen molar-refractivity contribution in [3.05, 3.63) is 98.5 Å². The van der Waals surface area contributed by atoms with Crippen LogP contribution in [-0.2, 0) is 70.3 Å². The van der Waals surface area contributed by atoms with E-state index in [1.54, 1.807) is 24.9 Å². The molecule has 0 bridgehead atoms. The molecule has 14 heteroatoms. The van der Waals surface area contributed by atoms with Crippen molar-refractivity contribution in [2.45, 2.75) is 0 Å². The van der Waals surface area contributed by atoms with Crippen LogP contribution in [-0.4, -0.2) is 38.2 Å². The van der Waals surface area contributed by atoms with Gasteiger partial charge in [0, 0.05) is 49.7 Å². The van der Waals surface area contributed by atoms with Crippen molar-refractivity contribution in [1.29, 1.82) is 0 Å². The summed E-state index contributed by atoms with van der Waals surface area (Å²) in [6.07, 6.45) is 20.2. The van der Waals surface area contributed by atoms with Crippen molar-refractivity contribution in [3.63, 3.8) is 0 Å². The number of nitrogens with zero attached hydrogens (tertiary/aromatic N) is 10. The van der Waals surface area contributed by atoms with Crippen LogP contribution in [0.3, 0.4) is 0 Å². The zero-order valence-corrected chi connectivity index (χ0v) is 31.5. The van der Waals surface area contributed by atoms with Crippen molar-refractivity contribution < 1.29 is 51.0 Å². The van der Waals surface area contributed by atoms with Crippen LogP contribution in [0, 0.1) is 12.4 Å². The van der Waals surface area contributed by atoms with E-state index in [-0.39, 0.29) is 42.1 Å². The summed E-state index contributed by atoms with van der Waals surface area (Å²) in [5, 5.41) is 4.08. The maximum absolute atomic E-state index is 5.77. The molecule has 10 rings (SSSR count). The van der Waals surface area contributed by atoms with E-state index >= 15 is 0 Å². The number of aryl methyl sites for hydroxylation is 4. The van der Waals surface area contributed by atoms with Crippen molar-refractivity contribution in [3.8, 4) is 45.9 Å². The molecule has 2 aromatic carbocycles. The van der Waals surface area contributed by atoms with Gasteiger partial charge in [-0.15, -0.1) is 23.4 Å². The van der Waals surface area contributed by atoms with E-state index < -0.39 is 0 Å². The molecule has 0 aliphatic heterocycles. The van der Waals surface area contributed by atoms with Gasteiger partial charge in [0.2, 0.25) is 0 Å². The molecule has 0 spiro atoms. The Hall–Kier alpha value is -5.18. The van der Waals surface area contributed by atoms with Crippen molar-refractivity contribution in [1.82, 2.24) is 48.2 Å². The fourth-order valence-electron chi connectivity index (χ4n) is 6.27. The number of rotatable bonds is 4. The molecule has 0 unspecified atom stereocenters. The topological polar surface area (TPSA) is 126 Å². The van der Waals surface area contributed by atoms with Crippen molar-refractivity contribution in [2.75, 3.05) is 0 Å². The van der Waals surface area contributed by atoms with Gasteiger partial charge >= 0.3 is 42.1 Å². The SMILES string of the molecule is Cn1c[c-]nc1-c1cccc2c1[n-]c1c(-c3nccn3C)occ12.Cn1c[c-]nc1-c1cccc2c1[n-]c1c(-c3nccn3C)occ12.[Pt+2].[Pt+2]. The number of furan rings is 2. The van der Waals surface area contributed by atoms with Gasteiger partial charge in [0.25, 0.3) is 0 Å². The first kappa shape index (κ1) is 33.3. The number of hydrogen-bond acceptors (Lipinski definition) is 6. The first-order valence-electron chi connectivity index (χ1n) is 15.2. The zero-order valence-electron chi connectivity index (χ0n) is 27.0. The van der Waals surface area contributed by atoms with Gasteiger partial charge in [0.15, 0.2) is 23.2 Å². The molecule has 0 fully saturated rings. The van der Waals surface area contributed by atoms with Gasteiger partial charge in [0.1, 0.15) is 0 Å². The monoisotopic (exact) mass is 1020 g/mol. The van der Waals surface area contributed by atoms with Crippen LogP contribution >= 0.6 is 0 Å². The number of imidazole rings is 4. The molecule has 0 saturated heterocycles. The van der Waals surface area contributed by atoms with Gasteiger partial charge < -0.3 is 47.0 Å². The van der Waals surface area contributed by atoms with E-state index in [4.69, 9.17) is 18.8 Å². The Kier molecular flexibility index (Phi) is 8.62. The molecule has 50 heavy (non-hydrogen) atoms. The molecule has 10 aromatic rings. The average Bonchev–Trinajstić information content (AvgIpc) is 3.92. The summed E-state index contributed by atoms with van der Waals surface area (Å²) in [5.74, 6) is 4.59. The molecule has 0 aliphatic rings. The van der Waals surface area contributed by atoms with Crippen LogP contribution in [0.2, 0.25) is 0 Å². The second kappa shape index (κ2) is 12.9. The standard InChI is InChI=1S/2C18H13N5O.2Pt/c2*1-22-8-6-19-17(22)12-5-3-4-11-13-10-24-16(15(13)21-14(11)12)18-20-7-9-23(18)2;;/h2*3-5,7-10H,1-2H3;;/q2*-2;2*+2. The number of benzene rings is 2. The largest absolute Gasteiger partial charge is 2.00 e. The second-order valence-corrected chi connectivity index (χ2v) is 11.6. The minimum Gasteiger partial charge on any atom is -0.654 e. The minimum atomic E-state index is 0. The number of hydrogen-bond donors (Lipinski definition) is 0. The van der Waals surface area contributed by atoms with Crippen LogP contribution in [0.5, 0.6) is 0 Å². The average molecular weight is 1020 g/mol. The van der Waals surface area contributed by atoms with Crippen molar-refractivity contribution >= 4 is 43.6 Å². The van der Waals surface area contributed by atoms with Gasteiger partial charge in [-0.3, -0.25) is 0 Å². The molecule has 8 heterocycles. The molecule has 8 aromatic heterocycles. The molecule has 0 aliphatic carbocycles. The summed E-state index contributed by atoms with van der Waals surface area (Å²) in [6, 6.07) is 12.2. The van der Waals surface area contributed by atoms with E-state index in [1.807, 2.05) is 95.5 Å². The maximum Gasteiger partial charge on any atom is 2.00 e. The van der Waals surface area contributed by atoms with Crippen LogP contribution in [0.1, 0.15) is 0 Å². The predicted molar refractivity (Wildman–Crippen MR) is 181 cm³/mol. The fraction of sp³-hybridized carbons (Fsp3) is 0.111. The van der Waals surface area contributed by atoms with Gasteiger partial charge in [-0.05, 0) is 36.5 Å². The Morgan fingerprint density at radius 1 is 0.540 bits per heavy atom. The molecule has 0 amide bonds. The third kappa shape index (κ3) is 5.13. The van der Waals surface area contributed by atoms with Crippen LogP contribution in [0.15, 0.2) is 94.9 Å². The first-order chi connectivity index (χ1) is 23.5. The fourth-order valence-corrected chi connectivity index (χ4v) is 6.27. The molecular formula is C36H26N10O2Pt2. The van der Waals surface area contributed by atoms with E-state index in [0.29, 0.717) is 11.5 Å². The first-order valence-corrected chi connectivity index (χ1v) is 15.2. The molecule has 0 atom stereocenters. The van der Waals surface area contributed by atoms with Gasteiger partial charge in [-0.1, -0.05) is 71.0 Å². The maximum atomic E-state index is 5.77. The summed E-state index contributed by atoms with van der Waals surface area (Å²) in [6.45, 7) is 0. The van der Waals surface area contributed by atoms with E-state index in [9.17, 15) is 0 Å². The Bertz CT molecular complexity index is 2570. The predicted octanol–water partition coefficient (Wildman–Crippen LogP) is 6.28. The van der Waals surface area contributed by atoms with Gasteiger partial charge in [0.05, 0.1) is 12.5 Å². The third-order valence-electron chi connectivity index (χ3n) is 8.67. The summed E-state index contributed by atoms with van der Waals surface area (Å²) in [4.78, 5) is 27.1. The van der Waals surface area contributed by atoms with Crippen molar-refractivity contribution in [2.24, 2.45) is 28.2 Å². The Morgan fingerprint density at radius 3 is 1.34 bits per heavy atom. The molecule has 0 radical (unpaired) electrons. The molecule has 0 saturated carbocycles. The van der Waals surface area contributed by atoms with Crippen LogP contribution in [0.25, 0.3) is 89.6 Å². The summed E-state index contributed by atoms with van der Waals surface area (Å²) in [5.41, 5.74) is 5.44. The third-order valence-corrected chi connectivity index (χ3v) is 8.67. The minimum absolute atomic E-state index is 0. The molecule has 252 valence electrons. The number of fused-ring (bicyclic) bond motifs is 6. The van der Waals surface area contributed by atoms with Crippen LogP contribution < -0.4 is 9.97 Å². The second-order valence-electron chi connectivity index (χ2n) is 11.6. The van der Waals surface area contributed by atoms with Crippen LogP contribution in [0.4, 0.5) is 0 Å². The number of aromatic nitrogens is 10. The quantitative estimate of drug-likeness (QED) is 0.189. The molecule has 0 N–H and O–H groups in total. The Labute approximate surface area is 313 Å². The summed E-state index contributed by atoms with van der Waals surface area (Å²) < 4.78 is 19.3. The summed E-state index contributed by atoms with van der Waals surface area (Å²) >= 11 is 0. The van der Waals surface area contributed by atoms with Gasteiger partial charge in [-0.2, -0.15) is 0 Å². The molecular weight excluding hydrogens is 995 g/mol. The van der Waals surface area contributed by atoms with E-state index in [2.05, 4.69) is 44.5 Å². The normalized spacial score (nSPS) is 11.3. The molecule has 12 nitrogen and oxygen atoms in total.